The predicted molar refractivity (Wildman–Crippen MR) is 47.6 cm³/mol. The van der Waals surface area contributed by atoms with E-state index < -0.39 is 22.7 Å². The van der Waals surface area contributed by atoms with Crippen molar-refractivity contribution < 1.29 is 29.7 Å². The molecule has 0 atom stereocenters. The second-order valence-corrected chi connectivity index (χ2v) is 3.02. The lowest BCUT2D eigenvalue weighted by Crippen LogP contribution is -2.03. The van der Waals surface area contributed by atoms with Gasteiger partial charge >= 0.3 is 17.9 Å². The molecule has 0 unspecified atom stereocenters. The van der Waals surface area contributed by atoms with Crippen LogP contribution in [0.15, 0.2) is 0 Å². The molecule has 0 fully saturated rings. The Hall–Kier alpha value is -1.01. The maximum Gasteiger partial charge on any atom is 0.337 e. The maximum absolute atomic E-state index is 9.64. The van der Waals surface area contributed by atoms with Gasteiger partial charge in [0.2, 0.25) is 4.84 Å². The Kier molecular flexibility index (Phi) is 9.48. The predicted octanol–water partition coefficient (Wildman–Crippen LogP) is 0.810. The van der Waals surface area contributed by atoms with Crippen molar-refractivity contribution in [3.8, 4) is 0 Å². The van der Waals surface area contributed by atoms with E-state index in [9.17, 15) is 14.4 Å². The normalized spacial score (nSPS) is 8.79. The first kappa shape index (κ1) is 15.5. The molecule has 0 saturated heterocycles. The Labute approximate surface area is 89.0 Å². The minimum Gasteiger partial charge on any atom is -0.481 e. The van der Waals surface area contributed by atoms with Crippen molar-refractivity contribution in [3.63, 3.8) is 0 Å². The first-order valence-electron chi connectivity index (χ1n) is 3.22. The topological polar surface area (TPSA) is 112 Å². The Morgan fingerprint density at radius 2 is 1.14 bits per heavy atom. The summed E-state index contributed by atoms with van der Waals surface area (Å²) >= 11 is 9.56. The first-order valence-corrected chi connectivity index (χ1v) is 4.09. The van der Waals surface area contributed by atoms with Gasteiger partial charge in [0.1, 0.15) is 0 Å². The third-order valence-corrected chi connectivity index (χ3v) is 1.11. The molecule has 0 radical (unpaired) electrons. The van der Waals surface area contributed by atoms with Crippen molar-refractivity contribution in [2.45, 2.75) is 17.7 Å². The molecule has 0 amide bonds. The molecule has 0 aliphatic carbocycles. The van der Waals surface area contributed by atoms with Gasteiger partial charge in [0, 0.05) is 0 Å². The number of halogens is 2. The van der Waals surface area contributed by atoms with Gasteiger partial charge in [-0.2, -0.15) is 0 Å². The Morgan fingerprint density at radius 1 is 0.929 bits per heavy atom. The van der Waals surface area contributed by atoms with Crippen molar-refractivity contribution in [1.82, 2.24) is 0 Å². The highest BCUT2D eigenvalue weighted by Crippen LogP contribution is 1.98. The zero-order chi connectivity index (χ0) is 11.7. The van der Waals surface area contributed by atoms with Crippen LogP contribution in [0, 0.1) is 0 Å². The molecule has 0 spiro atoms. The van der Waals surface area contributed by atoms with Gasteiger partial charge in [0.05, 0.1) is 12.8 Å². The van der Waals surface area contributed by atoms with Crippen LogP contribution in [-0.2, 0) is 14.4 Å². The van der Waals surface area contributed by atoms with Crippen molar-refractivity contribution in [2.75, 3.05) is 0 Å². The van der Waals surface area contributed by atoms with Gasteiger partial charge in [-0.05, 0) is 0 Å². The molecule has 0 aromatic carbocycles. The molecule has 0 aliphatic rings. The third-order valence-electron chi connectivity index (χ3n) is 0.739. The van der Waals surface area contributed by atoms with Gasteiger partial charge in [-0.25, -0.2) is 4.79 Å². The van der Waals surface area contributed by atoms with Crippen molar-refractivity contribution in [1.29, 1.82) is 0 Å². The average molecular weight is 247 g/mol. The number of hydrogen-bond acceptors (Lipinski definition) is 3. The number of rotatable bonds is 4. The summed E-state index contributed by atoms with van der Waals surface area (Å²) in [5, 5.41) is 23.5. The fraction of sp³-hybridized carbons (Fsp3) is 0.500. The molecule has 0 aromatic heterocycles. The van der Waals surface area contributed by atoms with E-state index in [-0.39, 0.29) is 12.8 Å². The summed E-state index contributed by atoms with van der Waals surface area (Å²) < 4.78 is 0. The van der Waals surface area contributed by atoms with E-state index in [0.717, 1.165) is 0 Å². The molecule has 14 heavy (non-hydrogen) atoms. The number of carboxylic acids is 3. The van der Waals surface area contributed by atoms with Crippen molar-refractivity contribution in [3.05, 3.63) is 0 Å². The van der Waals surface area contributed by atoms with Crippen LogP contribution in [0.1, 0.15) is 12.8 Å². The molecule has 0 aliphatic heterocycles. The van der Waals surface area contributed by atoms with E-state index in [1.165, 1.54) is 0 Å². The van der Waals surface area contributed by atoms with Crippen LogP contribution in [0.25, 0.3) is 0 Å². The minimum atomic E-state index is -1.29. The highest BCUT2D eigenvalue weighted by atomic mass is 35.5. The van der Waals surface area contributed by atoms with Crippen molar-refractivity contribution >= 4 is 41.1 Å². The first-order chi connectivity index (χ1) is 6.27. The number of carboxylic acid groups (broad SMARTS) is 3. The van der Waals surface area contributed by atoms with Crippen LogP contribution in [0.2, 0.25) is 0 Å². The third kappa shape index (κ3) is 17.2. The quantitative estimate of drug-likeness (QED) is 0.633. The fourth-order valence-electron chi connectivity index (χ4n) is 0.214. The van der Waals surface area contributed by atoms with Crippen molar-refractivity contribution in [2.24, 2.45) is 0 Å². The summed E-state index contributed by atoms with van der Waals surface area (Å²) in [6, 6.07) is 0. The zero-order valence-electron chi connectivity index (χ0n) is 6.81. The molecule has 0 heterocycles. The Bertz CT molecular complexity index is 200. The Morgan fingerprint density at radius 3 is 1.21 bits per heavy atom. The largest absolute Gasteiger partial charge is 0.481 e. The average Bonchev–Trinajstić information content (AvgIpc) is 2.01. The lowest BCUT2D eigenvalue weighted by molar-refractivity contribution is -0.143. The molecule has 0 rings (SSSR count). The molecule has 0 bridgehead atoms. The van der Waals surface area contributed by atoms with Gasteiger partial charge < -0.3 is 15.3 Å². The lowest BCUT2D eigenvalue weighted by Gasteiger charge is -1.85. The minimum absolute atomic E-state index is 0.296. The Balaban J connectivity index is 0. The van der Waals surface area contributed by atoms with E-state index in [4.69, 9.17) is 38.5 Å². The van der Waals surface area contributed by atoms with E-state index in [1.807, 2.05) is 0 Å². The standard InChI is InChI=1S/C4H6O4.C2H2Cl2O2/c5-3(6)1-2-4(7)8;3-1(4)2(5)6/h1-2H2,(H,5,6)(H,7,8);1H,(H,5,6). The second-order valence-electron chi connectivity index (χ2n) is 1.93. The van der Waals surface area contributed by atoms with Gasteiger partial charge in [-0.1, -0.05) is 23.2 Å². The lowest BCUT2D eigenvalue weighted by atomic mass is 10.3. The molecule has 8 heteroatoms. The van der Waals surface area contributed by atoms with Gasteiger partial charge in [-0.3, -0.25) is 9.59 Å². The molecular formula is C6H8Cl2O6. The molecule has 82 valence electrons. The number of hydrogen-bond donors (Lipinski definition) is 3. The van der Waals surface area contributed by atoms with E-state index >= 15 is 0 Å². The molecular weight excluding hydrogens is 239 g/mol. The molecule has 0 saturated carbocycles. The van der Waals surface area contributed by atoms with Crippen LogP contribution < -0.4 is 0 Å². The van der Waals surface area contributed by atoms with Crippen LogP contribution in [0.3, 0.4) is 0 Å². The summed E-state index contributed by atoms with van der Waals surface area (Å²) in [5.74, 6) is -3.36. The summed E-state index contributed by atoms with van der Waals surface area (Å²) in [7, 11) is 0. The van der Waals surface area contributed by atoms with Crippen LogP contribution in [-0.4, -0.2) is 38.1 Å². The van der Waals surface area contributed by atoms with Crippen LogP contribution >= 0.6 is 23.2 Å². The number of aliphatic carboxylic acids is 3. The highest BCUT2D eigenvalue weighted by molar-refractivity contribution is 6.52. The SMILES string of the molecule is O=C(O)C(Cl)Cl.O=C(O)CCC(=O)O. The van der Waals surface area contributed by atoms with E-state index in [2.05, 4.69) is 0 Å². The van der Waals surface area contributed by atoms with Gasteiger partial charge in [0.15, 0.2) is 0 Å². The summed E-state index contributed by atoms with van der Waals surface area (Å²) in [6.45, 7) is 0. The number of alkyl halides is 2. The molecule has 3 N–H and O–H groups in total. The summed E-state index contributed by atoms with van der Waals surface area (Å²) in [4.78, 5) is 27.4. The van der Waals surface area contributed by atoms with Gasteiger partial charge in [0.25, 0.3) is 0 Å². The van der Waals surface area contributed by atoms with E-state index in [0.29, 0.717) is 0 Å². The van der Waals surface area contributed by atoms with Gasteiger partial charge in [-0.15, -0.1) is 0 Å². The molecule has 0 aromatic rings. The summed E-state index contributed by atoms with van der Waals surface area (Å²) in [5.41, 5.74) is 0. The fourth-order valence-corrected chi connectivity index (χ4v) is 0.214. The summed E-state index contributed by atoms with van der Waals surface area (Å²) in [6.07, 6.45) is -0.593. The number of carbonyl (C=O) groups is 3. The maximum atomic E-state index is 9.64. The van der Waals surface area contributed by atoms with E-state index in [1.54, 1.807) is 0 Å². The second kappa shape index (κ2) is 8.58. The zero-order valence-corrected chi connectivity index (χ0v) is 8.33. The van der Waals surface area contributed by atoms with Crippen LogP contribution in [0.5, 0.6) is 0 Å². The smallest absolute Gasteiger partial charge is 0.337 e. The molecule has 6 nitrogen and oxygen atoms in total. The highest BCUT2D eigenvalue weighted by Gasteiger charge is 2.05. The van der Waals surface area contributed by atoms with Crippen LogP contribution in [0.4, 0.5) is 0 Å². The monoisotopic (exact) mass is 246 g/mol.